The number of pyridine rings is 1. The van der Waals surface area contributed by atoms with Crippen molar-refractivity contribution < 1.29 is 14.6 Å². The normalized spacial score (nSPS) is 13.2. The van der Waals surface area contributed by atoms with Gasteiger partial charge >= 0.3 is 5.97 Å². The minimum absolute atomic E-state index is 0.159. The molecule has 0 aliphatic rings. The third-order valence-electron chi connectivity index (χ3n) is 5.04. The molecule has 0 saturated heterocycles. The molecule has 1 heterocycles. The molecule has 0 fully saturated rings. The number of carboxylic acid groups (broad SMARTS) is 1. The van der Waals surface area contributed by atoms with Crippen LogP contribution in [0.5, 0.6) is 0 Å². The first-order valence-corrected chi connectivity index (χ1v) is 9.76. The van der Waals surface area contributed by atoms with Gasteiger partial charge < -0.3 is 20.9 Å². The maximum Gasteiger partial charge on any atom is 0.334 e. The Morgan fingerprint density at radius 2 is 1.67 bits per heavy atom. The molecule has 0 bridgehead atoms. The van der Waals surface area contributed by atoms with E-state index in [1.807, 2.05) is 67.6 Å². The van der Waals surface area contributed by atoms with E-state index in [9.17, 15) is 9.90 Å². The highest BCUT2D eigenvalue weighted by atomic mass is 16.5. The monoisotopic (exact) mass is 401 g/mol. The first kappa shape index (κ1) is 19.7. The summed E-state index contributed by atoms with van der Waals surface area (Å²) < 4.78 is 5.77. The Morgan fingerprint density at radius 3 is 2.27 bits per heavy atom. The zero-order chi connectivity index (χ0) is 21.1. The molecule has 0 radical (unpaired) electrons. The van der Waals surface area contributed by atoms with Crippen molar-refractivity contribution in [2.24, 2.45) is 0 Å². The lowest BCUT2D eigenvalue weighted by molar-refractivity contribution is -0.152. The maximum atomic E-state index is 11.9. The molecule has 0 aliphatic carbocycles. The summed E-state index contributed by atoms with van der Waals surface area (Å²) in [4.78, 5) is 16.7. The molecular formula is C24H23N3O3. The van der Waals surface area contributed by atoms with Gasteiger partial charge in [0.2, 0.25) is 0 Å². The summed E-state index contributed by atoms with van der Waals surface area (Å²) in [6.45, 7) is 1.97. The highest BCUT2D eigenvalue weighted by Crippen LogP contribution is 2.31. The predicted octanol–water partition coefficient (Wildman–Crippen LogP) is 4.44. The van der Waals surface area contributed by atoms with Crippen molar-refractivity contribution in [3.8, 4) is 0 Å². The van der Waals surface area contributed by atoms with Gasteiger partial charge in [-0.25, -0.2) is 9.78 Å². The summed E-state index contributed by atoms with van der Waals surface area (Å²) in [5, 5.41) is 15.0. The van der Waals surface area contributed by atoms with Crippen LogP contribution in [0.4, 0.5) is 11.4 Å². The topological polar surface area (TPSA) is 97.5 Å². The molecule has 0 saturated carbocycles. The third kappa shape index (κ3) is 4.04. The number of hydrogen-bond acceptors (Lipinski definition) is 5. The molecule has 3 aromatic carbocycles. The van der Waals surface area contributed by atoms with Crippen LogP contribution < -0.4 is 11.1 Å². The smallest absolute Gasteiger partial charge is 0.334 e. The molecule has 0 spiro atoms. The maximum absolute atomic E-state index is 11.9. The Bertz CT molecular complexity index is 1150. The number of nitrogens with one attached hydrogen (secondary N) is 1. The molecule has 4 N–H and O–H groups in total. The van der Waals surface area contributed by atoms with E-state index >= 15 is 0 Å². The lowest BCUT2D eigenvalue weighted by Crippen LogP contribution is -2.39. The molecule has 30 heavy (non-hydrogen) atoms. The van der Waals surface area contributed by atoms with Gasteiger partial charge in [0.1, 0.15) is 0 Å². The van der Waals surface area contributed by atoms with E-state index in [4.69, 9.17) is 15.5 Å². The number of nitrogens with zero attached hydrogens (tertiary/aromatic N) is 1. The second kappa shape index (κ2) is 8.39. The van der Waals surface area contributed by atoms with Crippen molar-refractivity contribution >= 4 is 39.1 Å². The number of hydrogen-bond donors (Lipinski definition) is 3. The fourth-order valence-corrected chi connectivity index (χ4v) is 3.60. The molecule has 4 rings (SSSR count). The quantitative estimate of drug-likeness (QED) is 0.313. The van der Waals surface area contributed by atoms with E-state index in [1.54, 1.807) is 12.1 Å². The molecule has 1 aromatic heterocycles. The Labute approximate surface area is 174 Å². The van der Waals surface area contributed by atoms with Gasteiger partial charge in [0.05, 0.1) is 29.4 Å². The lowest BCUT2D eigenvalue weighted by atomic mass is 10.1. The van der Waals surface area contributed by atoms with Crippen molar-refractivity contribution in [1.82, 2.24) is 4.98 Å². The Morgan fingerprint density at radius 1 is 1.03 bits per heavy atom. The second-order valence-corrected chi connectivity index (χ2v) is 7.27. The van der Waals surface area contributed by atoms with Gasteiger partial charge in [-0.3, -0.25) is 0 Å². The average molecular weight is 401 g/mol. The number of nitrogens with two attached hydrogens (primary N) is 1. The number of aliphatic carboxylic acids is 1. The highest BCUT2D eigenvalue weighted by Gasteiger charge is 2.26. The van der Waals surface area contributed by atoms with Gasteiger partial charge in [-0.05, 0) is 36.8 Å². The minimum atomic E-state index is -1.04. The molecule has 6 heteroatoms. The number of aromatic nitrogens is 1. The van der Waals surface area contributed by atoms with Gasteiger partial charge in [-0.2, -0.15) is 0 Å². The summed E-state index contributed by atoms with van der Waals surface area (Å²) in [6, 6.07) is 22.4. The Balaban J connectivity index is 1.64. The highest BCUT2D eigenvalue weighted by molar-refractivity contribution is 6.07. The van der Waals surface area contributed by atoms with E-state index in [0.717, 1.165) is 33.1 Å². The van der Waals surface area contributed by atoms with Crippen LogP contribution in [0.1, 0.15) is 12.5 Å². The van der Waals surface area contributed by atoms with Gasteiger partial charge in [-0.15, -0.1) is 0 Å². The van der Waals surface area contributed by atoms with E-state index in [1.165, 1.54) is 0 Å². The van der Waals surface area contributed by atoms with Crippen LogP contribution >= 0.6 is 0 Å². The number of nitrogen functional groups attached to an aromatic ring is 1. The average Bonchev–Trinajstić information content (AvgIpc) is 2.73. The van der Waals surface area contributed by atoms with Crippen molar-refractivity contribution in [3.63, 3.8) is 0 Å². The van der Waals surface area contributed by atoms with Gasteiger partial charge in [0, 0.05) is 16.5 Å². The van der Waals surface area contributed by atoms with Crippen LogP contribution in [0.25, 0.3) is 21.8 Å². The fourth-order valence-electron chi connectivity index (χ4n) is 3.60. The second-order valence-electron chi connectivity index (χ2n) is 7.27. The fraction of sp³-hybridized carbons (Fsp3) is 0.167. The molecule has 4 aromatic rings. The van der Waals surface area contributed by atoms with Gasteiger partial charge in [-0.1, -0.05) is 48.5 Å². The molecule has 2 unspecified atom stereocenters. The molecule has 0 aliphatic heterocycles. The summed E-state index contributed by atoms with van der Waals surface area (Å²) >= 11 is 0. The van der Waals surface area contributed by atoms with E-state index in [0.29, 0.717) is 5.69 Å². The van der Waals surface area contributed by atoms with Crippen LogP contribution in [-0.4, -0.2) is 28.2 Å². The summed E-state index contributed by atoms with van der Waals surface area (Å²) in [7, 11) is 0. The SMILES string of the molecule is CC(Nc1c2ccccc2nc2ccccc12)C(OCc1cccc(N)c1)C(=O)O. The van der Waals surface area contributed by atoms with Crippen molar-refractivity contribution in [2.45, 2.75) is 25.7 Å². The number of anilines is 2. The largest absolute Gasteiger partial charge is 0.479 e. The van der Waals surface area contributed by atoms with E-state index in [2.05, 4.69) is 5.32 Å². The number of para-hydroxylation sites is 2. The number of carboxylic acids is 1. The number of rotatable bonds is 7. The van der Waals surface area contributed by atoms with Crippen LogP contribution in [0.3, 0.4) is 0 Å². The van der Waals surface area contributed by atoms with E-state index < -0.39 is 18.1 Å². The van der Waals surface area contributed by atoms with Crippen LogP contribution in [0.2, 0.25) is 0 Å². The zero-order valence-electron chi connectivity index (χ0n) is 16.6. The first-order chi connectivity index (χ1) is 14.5. The molecule has 0 amide bonds. The number of fused-ring (bicyclic) bond motifs is 2. The van der Waals surface area contributed by atoms with Crippen molar-refractivity contribution in [2.75, 3.05) is 11.1 Å². The first-order valence-electron chi connectivity index (χ1n) is 9.76. The number of carbonyl (C=O) groups is 1. The van der Waals surface area contributed by atoms with Crippen LogP contribution in [0, 0.1) is 0 Å². The number of ether oxygens (including phenoxy) is 1. The van der Waals surface area contributed by atoms with Crippen molar-refractivity contribution in [3.05, 3.63) is 78.4 Å². The molecule has 152 valence electrons. The third-order valence-corrected chi connectivity index (χ3v) is 5.04. The Kier molecular flexibility index (Phi) is 5.50. The number of benzene rings is 3. The lowest BCUT2D eigenvalue weighted by Gasteiger charge is -2.24. The zero-order valence-corrected chi connectivity index (χ0v) is 16.6. The summed E-state index contributed by atoms with van der Waals surface area (Å²) in [6.07, 6.45) is -1.04. The van der Waals surface area contributed by atoms with Crippen molar-refractivity contribution in [1.29, 1.82) is 0 Å². The molecular weight excluding hydrogens is 378 g/mol. The summed E-state index contributed by atoms with van der Waals surface area (Å²) in [5.41, 5.74) is 9.79. The Hall–Kier alpha value is -3.64. The molecule has 2 atom stereocenters. The minimum Gasteiger partial charge on any atom is -0.479 e. The molecule has 6 nitrogen and oxygen atoms in total. The standard InChI is InChI=1S/C24H23N3O3/c1-15(23(24(28)29)30-14-16-7-6-8-17(25)13-16)26-22-18-9-2-4-11-20(18)27-21-12-5-3-10-19(21)22/h2-13,15,23H,14,25H2,1H3,(H,26,27)(H,28,29). The van der Waals surface area contributed by atoms with Crippen LogP contribution in [-0.2, 0) is 16.1 Å². The van der Waals surface area contributed by atoms with Crippen LogP contribution in [0.15, 0.2) is 72.8 Å². The van der Waals surface area contributed by atoms with Gasteiger partial charge in [0.25, 0.3) is 0 Å². The summed E-state index contributed by atoms with van der Waals surface area (Å²) in [5.74, 6) is -1.03. The predicted molar refractivity (Wildman–Crippen MR) is 119 cm³/mol. The van der Waals surface area contributed by atoms with Gasteiger partial charge in [0.15, 0.2) is 6.10 Å². The van der Waals surface area contributed by atoms with E-state index in [-0.39, 0.29) is 6.61 Å².